The smallest absolute Gasteiger partial charge is 0.321 e. The number of hydrogen-bond acceptors (Lipinski definition) is 3. The Morgan fingerprint density at radius 1 is 0.958 bits per heavy atom. The third-order valence-electron chi connectivity index (χ3n) is 4.31. The first-order valence-corrected chi connectivity index (χ1v) is 8.17. The van der Waals surface area contributed by atoms with E-state index >= 15 is 0 Å². The highest BCUT2D eigenvalue weighted by Crippen LogP contribution is 2.18. The Kier molecular flexibility index (Phi) is 4.89. The minimum atomic E-state index is -0.0521. The molecule has 5 heteroatoms. The van der Waals surface area contributed by atoms with Crippen molar-refractivity contribution in [2.75, 3.05) is 43.5 Å². The summed E-state index contributed by atoms with van der Waals surface area (Å²) in [6.07, 6.45) is 0. The summed E-state index contributed by atoms with van der Waals surface area (Å²) in [7, 11) is 1.63. The first kappa shape index (κ1) is 16.2. The Hall–Kier alpha value is -2.69. The molecule has 3 rings (SSSR count). The van der Waals surface area contributed by atoms with E-state index in [2.05, 4.69) is 41.4 Å². The number of urea groups is 1. The fourth-order valence-electron chi connectivity index (χ4n) is 2.80. The molecule has 1 N–H and O–H groups in total. The van der Waals surface area contributed by atoms with Crippen molar-refractivity contribution in [2.45, 2.75) is 6.92 Å². The average Bonchev–Trinajstić information content (AvgIpc) is 2.63. The molecule has 0 radical (unpaired) electrons. The summed E-state index contributed by atoms with van der Waals surface area (Å²) in [5.41, 5.74) is 3.26. The van der Waals surface area contributed by atoms with E-state index in [0.29, 0.717) is 0 Å². The predicted octanol–water partition coefficient (Wildman–Crippen LogP) is 3.36. The van der Waals surface area contributed by atoms with Crippen LogP contribution in [0.3, 0.4) is 0 Å². The van der Waals surface area contributed by atoms with Gasteiger partial charge < -0.3 is 19.9 Å². The van der Waals surface area contributed by atoms with Gasteiger partial charge in [0.1, 0.15) is 5.75 Å². The SMILES string of the molecule is COc1ccc(NC(=O)N2CCN(c3ccc(C)cc3)CC2)cc1. The molecule has 1 heterocycles. The third-order valence-corrected chi connectivity index (χ3v) is 4.31. The normalized spacial score (nSPS) is 14.4. The summed E-state index contributed by atoms with van der Waals surface area (Å²) in [6.45, 7) is 5.22. The first-order chi connectivity index (χ1) is 11.7. The van der Waals surface area contributed by atoms with Crippen LogP contribution in [-0.2, 0) is 0 Å². The summed E-state index contributed by atoms with van der Waals surface area (Å²) >= 11 is 0. The summed E-state index contributed by atoms with van der Waals surface area (Å²) in [6, 6.07) is 15.8. The molecule has 0 bridgehead atoms. The van der Waals surface area contributed by atoms with E-state index in [1.54, 1.807) is 7.11 Å². The van der Waals surface area contributed by atoms with Gasteiger partial charge in [-0.25, -0.2) is 4.79 Å². The molecule has 126 valence electrons. The number of aryl methyl sites for hydroxylation is 1. The number of rotatable bonds is 3. The number of anilines is 2. The second-order valence-corrected chi connectivity index (χ2v) is 5.97. The number of ether oxygens (including phenoxy) is 1. The molecule has 0 saturated carbocycles. The minimum Gasteiger partial charge on any atom is -0.497 e. The van der Waals surface area contributed by atoms with Crippen LogP contribution in [0.4, 0.5) is 16.2 Å². The second-order valence-electron chi connectivity index (χ2n) is 5.97. The van der Waals surface area contributed by atoms with E-state index in [1.807, 2.05) is 29.2 Å². The Bertz CT molecular complexity index is 675. The van der Waals surface area contributed by atoms with Crippen LogP contribution in [0.1, 0.15) is 5.56 Å². The van der Waals surface area contributed by atoms with Crippen LogP contribution in [0.15, 0.2) is 48.5 Å². The van der Waals surface area contributed by atoms with Crippen LogP contribution >= 0.6 is 0 Å². The van der Waals surface area contributed by atoms with Crippen molar-refractivity contribution in [1.82, 2.24) is 4.90 Å². The molecule has 1 saturated heterocycles. The van der Waals surface area contributed by atoms with Gasteiger partial charge >= 0.3 is 6.03 Å². The number of hydrogen-bond donors (Lipinski definition) is 1. The van der Waals surface area contributed by atoms with E-state index in [1.165, 1.54) is 11.3 Å². The van der Waals surface area contributed by atoms with E-state index in [0.717, 1.165) is 37.6 Å². The van der Waals surface area contributed by atoms with Crippen molar-refractivity contribution >= 4 is 17.4 Å². The number of nitrogens with one attached hydrogen (secondary N) is 1. The Morgan fingerprint density at radius 3 is 2.17 bits per heavy atom. The van der Waals surface area contributed by atoms with Gasteiger partial charge in [-0.3, -0.25) is 0 Å². The van der Waals surface area contributed by atoms with Gasteiger partial charge in [-0.1, -0.05) is 17.7 Å². The lowest BCUT2D eigenvalue weighted by atomic mass is 10.2. The van der Waals surface area contributed by atoms with Crippen molar-refractivity contribution in [3.05, 3.63) is 54.1 Å². The van der Waals surface area contributed by atoms with Gasteiger partial charge in [-0.15, -0.1) is 0 Å². The summed E-state index contributed by atoms with van der Waals surface area (Å²) in [5.74, 6) is 0.778. The monoisotopic (exact) mass is 325 g/mol. The lowest BCUT2D eigenvalue weighted by Gasteiger charge is -2.36. The van der Waals surface area contributed by atoms with Gasteiger partial charge in [-0.2, -0.15) is 0 Å². The molecule has 1 aliphatic rings. The van der Waals surface area contributed by atoms with Gasteiger partial charge in [0, 0.05) is 37.6 Å². The molecule has 2 aromatic carbocycles. The Balaban J connectivity index is 1.53. The van der Waals surface area contributed by atoms with Crippen LogP contribution in [0.5, 0.6) is 5.75 Å². The first-order valence-electron chi connectivity index (χ1n) is 8.17. The van der Waals surface area contributed by atoms with E-state index in [-0.39, 0.29) is 6.03 Å². The topological polar surface area (TPSA) is 44.8 Å². The van der Waals surface area contributed by atoms with Gasteiger partial charge in [0.25, 0.3) is 0 Å². The van der Waals surface area contributed by atoms with Crippen LogP contribution in [0.25, 0.3) is 0 Å². The number of methoxy groups -OCH3 is 1. The zero-order valence-corrected chi connectivity index (χ0v) is 14.2. The molecule has 0 atom stereocenters. The van der Waals surface area contributed by atoms with Crippen LogP contribution in [-0.4, -0.2) is 44.2 Å². The van der Waals surface area contributed by atoms with E-state index in [9.17, 15) is 4.79 Å². The maximum atomic E-state index is 12.4. The molecule has 0 spiro atoms. The molecule has 0 aromatic heterocycles. The van der Waals surface area contributed by atoms with E-state index in [4.69, 9.17) is 4.74 Å². The molecule has 0 unspecified atom stereocenters. The van der Waals surface area contributed by atoms with Crippen molar-refractivity contribution in [1.29, 1.82) is 0 Å². The quantitative estimate of drug-likeness (QED) is 0.941. The van der Waals surface area contributed by atoms with Crippen molar-refractivity contribution in [3.8, 4) is 5.75 Å². The molecule has 1 fully saturated rings. The second kappa shape index (κ2) is 7.25. The van der Waals surface area contributed by atoms with Crippen molar-refractivity contribution in [3.63, 3.8) is 0 Å². The predicted molar refractivity (Wildman–Crippen MR) is 97.0 cm³/mol. The number of carbonyl (C=O) groups is 1. The summed E-state index contributed by atoms with van der Waals surface area (Å²) in [4.78, 5) is 16.5. The third kappa shape index (κ3) is 3.79. The van der Waals surface area contributed by atoms with Gasteiger partial charge in [0.15, 0.2) is 0 Å². The molecule has 5 nitrogen and oxygen atoms in total. The maximum Gasteiger partial charge on any atom is 0.321 e. The maximum absolute atomic E-state index is 12.4. The van der Waals surface area contributed by atoms with Gasteiger partial charge in [0.2, 0.25) is 0 Å². The van der Waals surface area contributed by atoms with Crippen molar-refractivity contribution < 1.29 is 9.53 Å². The molecular formula is C19H23N3O2. The van der Waals surface area contributed by atoms with Gasteiger partial charge in [0.05, 0.1) is 7.11 Å². The zero-order chi connectivity index (χ0) is 16.9. The summed E-state index contributed by atoms with van der Waals surface area (Å²) in [5, 5.41) is 2.94. The highest BCUT2D eigenvalue weighted by atomic mass is 16.5. The fourth-order valence-corrected chi connectivity index (χ4v) is 2.80. The average molecular weight is 325 g/mol. The summed E-state index contributed by atoms with van der Waals surface area (Å²) < 4.78 is 5.12. The van der Waals surface area contributed by atoms with E-state index < -0.39 is 0 Å². The molecule has 2 aromatic rings. The number of carbonyl (C=O) groups excluding carboxylic acids is 1. The number of nitrogens with zero attached hydrogens (tertiary/aromatic N) is 2. The van der Waals surface area contributed by atoms with Crippen molar-refractivity contribution in [2.24, 2.45) is 0 Å². The number of amides is 2. The van der Waals surface area contributed by atoms with Crippen LogP contribution < -0.4 is 15.0 Å². The fraction of sp³-hybridized carbons (Fsp3) is 0.316. The molecule has 24 heavy (non-hydrogen) atoms. The Morgan fingerprint density at radius 2 is 1.58 bits per heavy atom. The largest absolute Gasteiger partial charge is 0.497 e. The molecule has 1 aliphatic heterocycles. The molecule has 2 amide bonds. The number of piperazine rings is 1. The highest BCUT2D eigenvalue weighted by Gasteiger charge is 2.21. The number of benzene rings is 2. The molecule has 0 aliphatic carbocycles. The van der Waals surface area contributed by atoms with Gasteiger partial charge in [-0.05, 0) is 43.3 Å². The highest BCUT2D eigenvalue weighted by molar-refractivity contribution is 5.89. The minimum absolute atomic E-state index is 0.0521. The molecular weight excluding hydrogens is 302 g/mol. The van der Waals surface area contributed by atoms with Crippen LogP contribution in [0.2, 0.25) is 0 Å². The standard InChI is InChI=1S/C19H23N3O2/c1-15-3-7-17(8-4-15)21-11-13-22(14-12-21)19(23)20-16-5-9-18(24-2)10-6-16/h3-10H,11-14H2,1-2H3,(H,20,23). The Labute approximate surface area is 142 Å². The lowest BCUT2D eigenvalue weighted by molar-refractivity contribution is 0.208. The zero-order valence-electron chi connectivity index (χ0n) is 14.2. The van der Waals surface area contributed by atoms with Crippen LogP contribution in [0, 0.1) is 6.92 Å². The lowest BCUT2D eigenvalue weighted by Crippen LogP contribution is -2.50.